The number of fused-ring (bicyclic) bond motifs is 1. The Hall–Kier alpha value is -3.33. The molecule has 0 aliphatic rings. The van der Waals surface area contributed by atoms with Gasteiger partial charge in [-0.2, -0.15) is 4.72 Å². The third kappa shape index (κ3) is 5.25. The maximum absolute atomic E-state index is 12.8. The van der Waals surface area contributed by atoms with E-state index in [1.165, 1.54) is 12.1 Å². The monoisotopic (exact) mass is 498 g/mol. The maximum atomic E-state index is 12.8. The van der Waals surface area contributed by atoms with Gasteiger partial charge in [-0.05, 0) is 54.3 Å². The van der Waals surface area contributed by atoms with Gasteiger partial charge in [0.15, 0.2) is 5.88 Å². The third-order valence-corrected chi connectivity index (χ3v) is 7.34. The highest BCUT2D eigenvalue weighted by atomic mass is 35.5. The number of nitrogens with zero attached hydrogens (tertiary/aromatic N) is 1. The fourth-order valence-electron chi connectivity index (χ4n) is 3.79. The maximum Gasteiger partial charge on any atom is 0.321 e. The van der Waals surface area contributed by atoms with Crippen molar-refractivity contribution in [1.82, 2.24) is 9.29 Å². The molecule has 0 radical (unpaired) electrons. The van der Waals surface area contributed by atoms with Gasteiger partial charge >= 0.3 is 5.97 Å². The molecule has 1 aromatic heterocycles. The van der Waals surface area contributed by atoms with Gasteiger partial charge in [0, 0.05) is 28.5 Å². The molecule has 0 fully saturated rings. The summed E-state index contributed by atoms with van der Waals surface area (Å²) in [4.78, 5) is 11.7. The molecule has 0 aliphatic heterocycles. The van der Waals surface area contributed by atoms with Crippen LogP contribution < -0.4 is 4.72 Å². The van der Waals surface area contributed by atoms with Crippen LogP contribution in [0.25, 0.3) is 21.9 Å². The molecule has 3 N–H and O–H groups in total. The molecule has 0 saturated heterocycles. The number of aromatic hydroxyl groups is 1. The topological polar surface area (TPSA) is 109 Å². The van der Waals surface area contributed by atoms with E-state index in [2.05, 4.69) is 4.72 Å². The lowest BCUT2D eigenvalue weighted by molar-refractivity contribution is -0.139. The average molecular weight is 499 g/mol. The van der Waals surface area contributed by atoms with E-state index >= 15 is 0 Å². The molecule has 9 heteroatoms. The molecular weight excluding hydrogens is 476 g/mol. The third-order valence-electron chi connectivity index (χ3n) is 5.60. The number of sulfonamides is 1. The van der Waals surface area contributed by atoms with Crippen molar-refractivity contribution < 1.29 is 23.4 Å². The Bertz CT molecular complexity index is 1410. The number of carboxylic acids is 1. The van der Waals surface area contributed by atoms with Gasteiger partial charge in [0.25, 0.3) is 0 Å². The summed E-state index contributed by atoms with van der Waals surface area (Å²) in [6.07, 6.45) is 2.20. The van der Waals surface area contributed by atoms with Crippen LogP contribution in [0, 0.1) is 0 Å². The Morgan fingerprint density at radius 3 is 2.21 bits per heavy atom. The summed E-state index contributed by atoms with van der Waals surface area (Å²) >= 11 is 5.91. The summed E-state index contributed by atoms with van der Waals surface area (Å²) in [5.74, 6) is -1.16. The number of rotatable bonds is 9. The second kappa shape index (κ2) is 9.89. The van der Waals surface area contributed by atoms with E-state index < -0.39 is 22.0 Å². The van der Waals surface area contributed by atoms with Gasteiger partial charge in [-0.3, -0.25) is 4.79 Å². The number of benzene rings is 3. The van der Waals surface area contributed by atoms with Crippen LogP contribution >= 0.6 is 11.6 Å². The van der Waals surface area contributed by atoms with Crippen molar-refractivity contribution >= 4 is 38.4 Å². The number of carboxylic acid groups (broad SMARTS) is 1. The second-order valence-electron chi connectivity index (χ2n) is 7.92. The minimum Gasteiger partial charge on any atom is -0.494 e. The number of carbonyl (C=O) groups is 1. The number of nitrogens with one attached hydrogen (secondary N) is 1. The minimum atomic E-state index is -4.04. The molecule has 7 nitrogen and oxygen atoms in total. The molecule has 0 saturated carbocycles. The van der Waals surface area contributed by atoms with Gasteiger partial charge < -0.3 is 14.8 Å². The lowest BCUT2D eigenvalue weighted by Crippen LogP contribution is -2.40. The summed E-state index contributed by atoms with van der Waals surface area (Å²) in [6, 6.07) is 19.4. The Kier molecular flexibility index (Phi) is 6.92. The van der Waals surface area contributed by atoms with Crippen molar-refractivity contribution in [1.29, 1.82) is 0 Å². The van der Waals surface area contributed by atoms with Gasteiger partial charge in [-0.25, -0.2) is 8.42 Å². The Morgan fingerprint density at radius 1 is 0.971 bits per heavy atom. The fourth-order valence-corrected chi connectivity index (χ4v) is 5.14. The summed E-state index contributed by atoms with van der Waals surface area (Å²) in [7, 11) is -4.04. The number of aryl methyl sites for hydroxylation is 1. The lowest BCUT2D eigenvalue weighted by Gasteiger charge is -2.15. The highest BCUT2D eigenvalue weighted by molar-refractivity contribution is 7.89. The fraction of sp³-hybridized carbons (Fsp3) is 0.160. The molecule has 34 heavy (non-hydrogen) atoms. The zero-order valence-electron chi connectivity index (χ0n) is 18.1. The SMILES string of the molecule is O=C(O)[C@H](CCCn1cc2ccccc2c1O)NS(=O)(=O)c1ccc(-c2ccc(Cl)cc2)cc1. The largest absolute Gasteiger partial charge is 0.494 e. The van der Waals surface area contributed by atoms with Crippen LogP contribution in [0.1, 0.15) is 12.8 Å². The summed E-state index contributed by atoms with van der Waals surface area (Å²) in [5, 5.41) is 22.1. The van der Waals surface area contributed by atoms with Gasteiger partial charge in [0.05, 0.1) is 4.90 Å². The van der Waals surface area contributed by atoms with Crippen LogP contribution in [0.5, 0.6) is 5.88 Å². The van der Waals surface area contributed by atoms with Crippen molar-refractivity contribution in [2.75, 3.05) is 0 Å². The predicted octanol–water partition coefficient (Wildman–Crippen LogP) is 4.88. The van der Waals surface area contributed by atoms with Crippen molar-refractivity contribution in [3.05, 3.63) is 84.0 Å². The van der Waals surface area contributed by atoms with E-state index in [0.717, 1.165) is 16.5 Å². The molecule has 1 heterocycles. The van der Waals surface area contributed by atoms with Crippen molar-refractivity contribution in [2.45, 2.75) is 30.3 Å². The van der Waals surface area contributed by atoms with E-state index in [1.807, 2.05) is 30.3 Å². The van der Waals surface area contributed by atoms with Crippen molar-refractivity contribution in [3.63, 3.8) is 0 Å². The molecule has 0 spiro atoms. The van der Waals surface area contributed by atoms with E-state index in [9.17, 15) is 23.4 Å². The molecule has 0 unspecified atom stereocenters. The standard InChI is InChI=1S/C25H23ClN2O5S/c26-20-11-7-17(8-12-20)18-9-13-21(14-10-18)34(32,33)27-23(25(30)31)6-3-15-28-16-19-4-1-2-5-22(19)24(28)29/h1-2,4-5,7-14,16,23,27,29H,3,6,15H2,(H,30,31)/t23-/m0/s1. The van der Waals surface area contributed by atoms with Crippen LogP contribution in [-0.2, 0) is 21.4 Å². The molecule has 1 atom stereocenters. The molecule has 4 rings (SSSR count). The average Bonchev–Trinajstić information content (AvgIpc) is 3.14. The number of aliphatic carboxylic acids is 1. The highest BCUT2D eigenvalue weighted by Crippen LogP contribution is 2.27. The van der Waals surface area contributed by atoms with E-state index in [0.29, 0.717) is 23.4 Å². The molecule has 4 aromatic rings. The van der Waals surface area contributed by atoms with Crippen LogP contribution in [0.4, 0.5) is 0 Å². The molecular formula is C25H23ClN2O5S. The lowest BCUT2D eigenvalue weighted by atomic mass is 10.1. The van der Waals surface area contributed by atoms with Crippen LogP contribution in [-0.4, -0.2) is 35.2 Å². The first-order chi connectivity index (χ1) is 16.2. The van der Waals surface area contributed by atoms with E-state index in [4.69, 9.17) is 11.6 Å². The van der Waals surface area contributed by atoms with E-state index in [-0.39, 0.29) is 17.2 Å². The molecule has 3 aromatic carbocycles. The van der Waals surface area contributed by atoms with Crippen molar-refractivity contribution in [3.8, 4) is 17.0 Å². The Labute approximate surface area is 202 Å². The summed E-state index contributed by atoms with van der Waals surface area (Å²) < 4.78 is 29.5. The van der Waals surface area contributed by atoms with E-state index in [1.54, 1.807) is 41.1 Å². The van der Waals surface area contributed by atoms with Gasteiger partial charge in [0.1, 0.15) is 6.04 Å². The summed E-state index contributed by atoms with van der Waals surface area (Å²) in [5.41, 5.74) is 1.69. The normalized spacial score (nSPS) is 12.6. The molecule has 0 aliphatic carbocycles. The number of hydrogen-bond donors (Lipinski definition) is 3. The van der Waals surface area contributed by atoms with Gasteiger partial charge in [-0.15, -0.1) is 0 Å². The predicted molar refractivity (Wildman–Crippen MR) is 131 cm³/mol. The minimum absolute atomic E-state index is 0.0224. The zero-order valence-corrected chi connectivity index (χ0v) is 19.6. The molecule has 176 valence electrons. The molecule has 0 bridgehead atoms. The first-order valence-corrected chi connectivity index (χ1v) is 12.5. The Morgan fingerprint density at radius 2 is 1.59 bits per heavy atom. The zero-order chi connectivity index (χ0) is 24.3. The summed E-state index contributed by atoms with van der Waals surface area (Å²) in [6.45, 7) is 0.349. The second-order valence-corrected chi connectivity index (χ2v) is 10.1. The number of hydrogen-bond acceptors (Lipinski definition) is 4. The van der Waals surface area contributed by atoms with Crippen molar-refractivity contribution in [2.24, 2.45) is 0 Å². The van der Waals surface area contributed by atoms with Crippen LogP contribution in [0.3, 0.4) is 0 Å². The van der Waals surface area contributed by atoms with Crippen LogP contribution in [0.2, 0.25) is 5.02 Å². The number of halogens is 1. The number of aromatic nitrogens is 1. The smallest absolute Gasteiger partial charge is 0.321 e. The van der Waals surface area contributed by atoms with Gasteiger partial charge in [-0.1, -0.05) is 54.1 Å². The molecule has 0 amide bonds. The first-order valence-electron chi connectivity index (χ1n) is 10.6. The first kappa shape index (κ1) is 23.8. The Balaban J connectivity index is 1.42. The highest BCUT2D eigenvalue weighted by Gasteiger charge is 2.25. The van der Waals surface area contributed by atoms with Gasteiger partial charge in [0.2, 0.25) is 10.0 Å². The quantitative estimate of drug-likeness (QED) is 0.305. The van der Waals surface area contributed by atoms with Crippen LogP contribution in [0.15, 0.2) is 83.9 Å².